The summed E-state index contributed by atoms with van der Waals surface area (Å²) in [7, 11) is 1.71. The van der Waals surface area contributed by atoms with Crippen LogP contribution in [0.4, 0.5) is 0 Å². The molecule has 2 saturated carbocycles. The summed E-state index contributed by atoms with van der Waals surface area (Å²) in [4.78, 5) is 24.3. The first-order chi connectivity index (χ1) is 12.9. The monoisotopic (exact) mass is 406 g/mol. The standard InChI is InChI=1S/C21H25ClO3.C2H6.CH4/c1-21-8-7-16-15-6-4-14(25-2)9-12(15)3-5-17(16)20(21)13(10-18(21)23)11-19(22)24;1-2;/h4,6,9,13,16-17,20H,3,5,7-8,10-11H2,1-2H3;1-2H3;1H4/t13-,16?,17?,20?,21?;;/m1../s1. The van der Waals surface area contributed by atoms with E-state index in [4.69, 9.17) is 16.3 Å². The lowest BCUT2D eigenvalue weighted by molar-refractivity contribution is -0.129. The molecule has 0 aliphatic heterocycles. The van der Waals surface area contributed by atoms with Gasteiger partial charge in [0.15, 0.2) is 0 Å². The molecule has 1 aromatic carbocycles. The van der Waals surface area contributed by atoms with Gasteiger partial charge in [-0.15, -0.1) is 0 Å². The first-order valence-electron chi connectivity index (χ1n) is 10.3. The third-order valence-corrected chi connectivity index (χ3v) is 7.35. The topological polar surface area (TPSA) is 43.4 Å². The normalized spacial score (nSPS) is 32.7. The first-order valence-corrected chi connectivity index (χ1v) is 10.7. The lowest BCUT2D eigenvalue weighted by atomic mass is 9.54. The molecule has 0 heterocycles. The molecule has 0 aromatic heterocycles. The van der Waals surface area contributed by atoms with Gasteiger partial charge in [-0.2, -0.15) is 0 Å². The van der Waals surface area contributed by atoms with E-state index in [1.807, 2.05) is 13.8 Å². The Kier molecular flexibility index (Phi) is 7.36. The highest BCUT2D eigenvalue weighted by Gasteiger charge is 2.58. The minimum absolute atomic E-state index is 0. The number of ketones is 1. The Bertz CT molecular complexity index is 729. The maximum atomic E-state index is 12.8. The van der Waals surface area contributed by atoms with E-state index < -0.39 is 0 Å². The molecule has 4 heteroatoms. The molecule has 4 unspecified atom stereocenters. The van der Waals surface area contributed by atoms with Crippen LogP contribution >= 0.6 is 11.6 Å². The van der Waals surface area contributed by atoms with Crippen molar-refractivity contribution >= 4 is 22.6 Å². The van der Waals surface area contributed by atoms with Crippen LogP contribution in [-0.2, 0) is 16.0 Å². The van der Waals surface area contributed by atoms with Crippen molar-refractivity contribution in [1.82, 2.24) is 0 Å². The van der Waals surface area contributed by atoms with Gasteiger partial charge in [-0.25, -0.2) is 0 Å². The number of carbonyl (C=O) groups excluding carboxylic acids is 2. The zero-order chi connectivity index (χ0) is 19.8. The van der Waals surface area contributed by atoms with Crippen LogP contribution in [0.15, 0.2) is 18.2 Å². The maximum absolute atomic E-state index is 12.8. The van der Waals surface area contributed by atoms with Gasteiger partial charge < -0.3 is 4.74 Å². The van der Waals surface area contributed by atoms with Gasteiger partial charge in [0.1, 0.15) is 11.5 Å². The fourth-order valence-corrected chi connectivity index (χ4v) is 6.33. The van der Waals surface area contributed by atoms with E-state index in [0.29, 0.717) is 30.5 Å². The highest BCUT2D eigenvalue weighted by Crippen LogP contribution is 2.62. The van der Waals surface area contributed by atoms with Gasteiger partial charge in [0, 0.05) is 18.3 Å². The lowest BCUT2D eigenvalue weighted by Crippen LogP contribution is -2.44. The van der Waals surface area contributed by atoms with E-state index in [0.717, 1.165) is 31.4 Å². The highest BCUT2D eigenvalue weighted by molar-refractivity contribution is 6.63. The van der Waals surface area contributed by atoms with Crippen molar-refractivity contribution in [2.24, 2.45) is 23.2 Å². The number of Topliss-reactive ketones (excluding diaryl/α,β-unsaturated/α-hetero) is 1. The maximum Gasteiger partial charge on any atom is 0.221 e. The van der Waals surface area contributed by atoms with E-state index in [-0.39, 0.29) is 29.9 Å². The van der Waals surface area contributed by atoms with Crippen molar-refractivity contribution in [3.63, 3.8) is 0 Å². The molecule has 0 N–H and O–H groups in total. The van der Waals surface area contributed by atoms with Crippen molar-refractivity contribution < 1.29 is 14.3 Å². The summed E-state index contributed by atoms with van der Waals surface area (Å²) in [6.45, 7) is 6.14. The van der Waals surface area contributed by atoms with Crippen LogP contribution in [0.5, 0.6) is 5.75 Å². The van der Waals surface area contributed by atoms with Crippen LogP contribution < -0.4 is 4.74 Å². The fourth-order valence-electron chi connectivity index (χ4n) is 6.13. The molecular weight excluding hydrogens is 372 g/mol. The second kappa shape index (κ2) is 8.98. The van der Waals surface area contributed by atoms with Crippen molar-refractivity contribution in [3.8, 4) is 5.75 Å². The molecular formula is C24H35ClO3. The van der Waals surface area contributed by atoms with Gasteiger partial charge in [-0.1, -0.05) is 34.3 Å². The predicted molar refractivity (Wildman–Crippen MR) is 115 cm³/mol. The molecule has 28 heavy (non-hydrogen) atoms. The molecule has 156 valence electrons. The summed E-state index contributed by atoms with van der Waals surface area (Å²) in [5.74, 6) is 2.64. The zero-order valence-corrected chi connectivity index (χ0v) is 17.6. The molecule has 1 aromatic rings. The number of ether oxygens (including phenoxy) is 1. The average Bonchev–Trinajstić information content (AvgIpc) is 2.92. The van der Waals surface area contributed by atoms with Crippen LogP contribution in [0.25, 0.3) is 0 Å². The van der Waals surface area contributed by atoms with Crippen molar-refractivity contribution in [2.45, 2.75) is 72.6 Å². The largest absolute Gasteiger partial charge is 0.497 e. The molecule has 3 aliphatic carbocycles. The van der Waals surface area contributed by atoms with Gasteiger partial charge in [-0.05, 0) is 84.2 Å². The second-order valence-corrected chi connectivity index (χ2v) is 8.72. The Balaban J connectivity index is 0.000000906. The minimum Gasteiger partial charge on any atom is -0.497 e. The number of rotatable bonds is 3. The summed E-state index contributed by atoms with van der Waals surface area (Å²) in [5.41, 5.74) is 2.55. The Morgan fingerprint density at radius 2 is 2.00 bits per heavy atom. The molecule has 3 nitrogen and oxygen atoms in total. The number of carbonyl (C=O) groups is 2. The van der Waals surface area contributed by atoms with E-state index in [1.54, 1.807) is 7.11 Å². The van der Waals surface area contributed by atoms with Crippen molar-refractivity contribution in [1.29, 1.82) is 0 Å². The number of methoxy groups -OCH3 is 1. The molecule has 0 radical (unpaired) electrons. The summed E-state index contributed by atoms with van der Waals surface area (Å²) < 4.78 is 5.38. The van der Waals surface area contributed by atoms with Crippen LogP contribution in [-0.4, -0.2) is 18.1 Å². The highest BCUT2D eigenvalue weighted by atomic mass is 35.5. The molecule has 0 bridgehead atoms. The summed E-state index contributed by atoms with van der Waals surface area (Å²) >= 11 is 5.71. The van der Waals surface area contributed by atoms with E-state index in [1.165, 1.54) is 11.1 Å². The number of aryl methyl sites for hydroxylation is 1. The fraction of sp³-hybridized carbons (Fsp3) is 0.667. The van der Waals surface area contributed by atoms with Gasteiger partial charge >= 0.3 is 0 Å². The molecule has 5 atom stereocenters. The smallest absolute Gasteiger partial charge is 0.221 e. The Morgan fingerprint density at radius 1 is 1.29 bits per heavy atom. The molecule has 0 amide bonds. The first kappa shape index (κ1) is 22.9. The predicted octanol–water partition coefficient (Wildman–Crippen LogP) is 6.16. The van der Waals surface area contributed by atoms with Crippen LogP contribution in [0, 0.1) is 23.2 Å². The molecule has 3 aliphatic rings. The summed E-state index contributed by atoms with van der Waals surface area (Å²) in [6.07, 6.45) is 4.96. The molecule has 2 fully saturated rings. The Morgan fingerprint density at radius 3 is 2.64 bits per heavy atom. The molecule has 0 saturated heterocycles. The van der Waals surface area contributed by atoms with Gasteiger partial charge in [0.05, 0.1) is 7.11 Å². The average molecular weight is 407 g/mol. The third-order valence-electron chi connectivity index (χ3n) is 7.20. The van der Waals surface area contributed by atoms with E-state index in [2.05, 4.69) is 25.1 Å². The quantitative estimate of drug-likeness (QED) is 0.564. The Labute approximate surface area is 175 Å². The Hall–Kier alpha value is -1.35. The SMILES string of the molecule is C.CC.COc1ccc2c(c1)CCC1C2CCC2(C)C(=O)C[C@H](CC(=O)Cl)C12. The number of hydrogen-bond donors (Lipinski definition) is 0. The zero-order valence-electron chi connectivity index (χ0n) is 16.9. The van der Waals surface area contributed by atoms with Crippen LogP contribution in [0.1, 0.15) is 77.3 Å². The minimum atomic E-state index is -0.301. The van der Waals surface area contributed by atoms with Gasteiger partial charge in [-0.3, -0.25) is 9.59 Å². The van der Waals surface area contributed by atoms with E-state index >= 15 is 0 Å². The number of benzene rings is 1. The third kappa shape index (κ3) is 3.75. The number of halogens is 1. The van der Waals surface area contributed by atoms with Crippen LogP contribution in [0.3, 0.4) is 0 Å². The molecule has 0 spiro atoms. The lowest BCUT2D eigenvalue weighted by Gasteiger charge is -2.49. The second-order valence-electron chi connectivity index (χ2n) is 8.30. The van der Waals surface area contributed by atoms with Crippen molar-refractivity contribution in [2.75, 3.05) is 7.11 Å². The van der Waals surface area contributed by atoms with Crippen LogP contribution in [0.2, 0.25) is 0 Å². The van der Waals surface area contributed by atoms with Gasteiger partial charge in [0.25, 0.3) is 0 Å². The van der Waals surface area contributed by atoms with Gasteiger partial charge in [0.2, 0.25) is 5.24 Å². The number of hydrogen-bond acceptors (Lipinski definition) is 3. The van der Waals surface area contributed by atoms with E-state index in [9.17, 15) is 9.59 Å². The summed E-state index contributed by atoms with van der Waals surface area (Å²) in [6, 6.07) is 6.43. The summed E-state index contributed by atoms with van der Waals surface area (Å²) in [5, 5.41) is -0.301. The number of fused-ring (bicyclic) bond motifs is 5. The van der Waals surface area contributed by atoms with Crippen molar-refractivity contribution in [3.05, 3.63) is 29.3 Å². The molecule has 4 rings (SSSR count).